The molecule has 1 N–H and O–H groups in total. The predicted octanol–water partition coefficient (Wildman–Crippen LogP) is 3.13. The van der Waals surface area contributed by atoms with Crippen molar-refractivity contribution in [2.75, 3.05) is 45.8 Å². The van der Waals surface area contributed by atoms with E-state index in [-0.39, 0.29) is 0 Å². The Hall–Kier alpha value is -1.50. The summed E-state index contributed by atoms with van der Waals surface area (Å²) in [6.45, 7) is 13.2. The van der Waals surface area contributed by atoms with E-state index in [1.165, 1.54) is 38.0 Å². The molecule has 1 saturated heterocycles. The first-order valence-corrected chi connectivity index (χ1v) is 10.8. The minimum Gasteiger partial charge on any atom is -0.373 e. The van der Waals surface area contributed by atoms with Gasteiger partial charge in [0.25, 0.3) is 0 Å². The smallest absolute Gasteiger partial charge is 0.127 e. The van der Waals surface area contributed by atoms with Gasteiger partial charge >= 0.3 is 0 Å². The van der Waals surface area contributed by atoms with Crippen molar-refractivity contribution >= 4 is 28.1 Å². The molecule has 0 radical (unpaired) electrons. The zero-order valence-electron chi connectivity index (χ0n) is 16.8. The van der Waals surface area contributed by atoms with Gasteiger partial charge in [0.2, 0.25) is 0 Å². The largest absolute Gasteiger partial charge is 0.373 e. The van der Waals surface area contributed by atoms with Crippen LogP contribution < -0.4 is 5.32 Å². The molecule has 1 aromatic carbocycles. The fraction of sp³-hybridized carbons (Fsp3) is 0.619. The summed E-state index contributed by atoms with van der Waals surface area (Å²) in [6, 6.07) is 8.37. The summed E-state index contributed by atoms with van der Waals surface area (Å²) in [5, 5.41) is 9.36. The molecular weight excluding hydrogens is 354 g/mol. The third-order valence-electron chi connectivity index (χ3n) is 5.31. The highest BCUT2D eigenvalue weighted by atomic mass is 32.1. The lowest BCUT2D eigenvalue weighted by atomic mass is 10.2. The topological polar surface area (TPSA) is 36.3 Å². The Bertz CT molecular complexity index is 733. The van der Waals surface area contributed by atoms with Crippen molar-refractivity contribution in [1.82, 2.24) is 24.9 Å². The third kappa shape index (κ3) is 5.27. The molecule has 0 aliphatic carbocycles. The quantitative estimate of drug-likeness (QED) is 0.669. The number of aryl methyl sites for hydroxylation is 1. The Morgan fingerprint density at radius 3 is 2.41 bits per heavy atom. The molecular formula is C21H33N5S. The summed E-state index contributed by atoms with van der Waals surface area (Å²) in [6.07, 6.45) is 3.66. The Balaban J connectivity index is 1.50. The van der Waals surface area contributed by atoms with Crippen LogP contribution in [0.3, 0.4) is 0 Å². The average molecular weight is 388 g/mol. The Labute approximate surface area is 168 Å². The molecule has 2 heterocycles. The van der Waals surface area contributed by atoms with Crippen molar-refractivity contribution in [2.24, 2.45) is 0 Å². The maximum Gasteiger partial charge on any atom is 0.127 e. The number of nitrogens with zero attached hydrogens (tertiary/aromatic N) is 4. The highest BCUT2D eigenvalue weighted by Crippen LogP contribution is 2.19. The van der Waals surface area contributed by atoms with Gasteiger partial charge in [-0.3, -0.25) is 9.58 Å². The number of hydrogen-bond acceptors (Lipinski definition) is 4. The van der Waals surface area contributed by atoms with E-state index in [1.54, 1.807) is 0 Å². The maximum absolute atomic E-state index is 5.67. The van der Waals surface area contributed by atoms with E-state index in [2.05, 4.69) is 57.9 Å². The second-order valence-corrected chi connectivity index (χ2v) is 7.79. The van der Waals surface area contributed by atoms with E-state index < -0.39 is 0 Å². The van der Waals surface area contributed by atoms with Crippen LogP contribution in [-0.4, -0.2) is 70.4 Å². The van der Waals surface area contributed by atoms with Crippen molar-refractivity contribution in [2.45, 2.75) is 39.7 Å². The number of nitrogens with one attached hydrogen (secondary N) is 1. The van der Waals surface area contributed by atoms with Gasteiger partial charge in [-0.2, -0.15) is 5.10 Å². The predicted molar refractivity (Wildman–Crippen MR) is 118 cm³/mol. The summed E-state index contributed by atoms with van der Waals surface area (Å²) in [4.78, 5) is 5.89. The van der Waals surface area contributed by atoms with Crippen LogP contribution in [0.5, 0.6) is 0 Å². The molecule has 0 spiro atoms. The first-order chi connectivity index (χ1) is 13.2. The molecule has 1 aliphatic rings. The lowest BCUT2D eigenvalue weighted by Gasteiger charge is -2.34. The van der Waals surface area contributed by atoms with Crippen LogP contribution >= 0.6 is 12.2 Å². The third-order valence-corrected chi connectivity index (χ3v) is 5.65. The molecule has 6 heteroatoms. The number of para-hydroxylation sites is 1. The minimum atomic E-state index is 0.766. The molecule has 1 fully saturated rings. The molecule has 0 bridgehead atoms. The zero-order chi connectivity index (χ0) is 19.1. The van der Waals surface area contributed by atoms with Crippen LogP contribution in [0, 0.1) is 0 Å². The molecule has 5 nitrogen and oxygen atoms in total. The molecule has 0 saturated carbocycles. The second-order valence-electron chi connectivity index (χ2n) is 7.38. The van der Waals surface area contributed by atoms with Crippen molar-refractivity contribution in [1.29, 1.82) is 0 Å². The van der Waals surface area contributed by atoms with E-state index in [4.69, 9.17) is 17.3 Å². The minimum absolute atomic E-state index is 0.766. The van der Waals surface area contributed by atoms with Crippen LogP contribution in [0.15, 0.2) is 24.3 Å². The maximum atomic E-state index is 5.67. The van der Waals surface area contributed by atoms with Gasteiger partial charge in [0.1, 0.15) is 10.7 Å². The van der Waals surface area contributed by atoms with E-state index in [1.807, 2.05) is 0 Å². The highest BCUT2D eigenvalue weighted by Gasteiger charge is 2.17. The Kier molecular flexibility index (Phi) is 7.61. The summed E-state index contributed by atoms with van der Waals surface area (Å²) >= 11 is 5.67. The van der Waals surface area contributed by atoms with Crippen LogP contribution in [0.1, 0.15) is 38.8 Å². The van der Waals surface area contributed by atoms with Gasteiger partial charge in [0.05, 0.1) is 5.52 Å². The molecule has 1 aromatic heterocycles. The van der Waals surface area contributed by atoms with Gasteiger partial charge in [-0.25, -0.2) is 0 Å². The number of aromatic nitrogens is 2. The SMILES string of the molecule is CCCCN1CCN(CCNC(=S)c2nn(CCC)c3ccccc23)CC1. The average Bonchev–Trinajstić information content (AvgIpc) is 3.06. The Morgan fingerprint density at radius 2 is 1.70 bits per heavy atom. The fourth-order valence-corrected chi connectivity index (χ4v) is 3.96. The van der Waals surface area contributed by atoms with E-state index >= 15 is 0 Å². The number of fused-ring (bicyclic) bond motifs is 1. The van der Waals surface area contributed by atoms with E-state index in [0.29, 0.717) is 0 Å². The van der Waals surface area contributed by atoms with Crippen molar-refractivity contribution in [3.63, 3.8) is 0 Å². The van der Waals surface area contributed by atoms with Crippen molar-refractivity contribution in [3.05, 3.63) is 30.0 Å². The van der Waals surface area contributed by atoms with Gasteiger partial charge in [-0.05, 0) is 25.5 Å². The van der Waals surface area contributed by atoms with Gasteiger partial charge in [-0.15, -0.1) is 0 Å². The Morgan fingerprint density at radius 1 is 1.00 bits per heavy atom. The van der Waals surface area contributed by atoms with Crippen LogP contribution in [0.2, 0.25) is 0 Å². The molecule has 0 amide bonds. The second kappa shape index (κ2) is 10.2. The monoisotopic (exact) mass is 387 g/mol. The summed E-state index contributed by atoms with van der Waals surface area (Å²) in [5.41, 5.74) is 2.08. The lowest BCUT2D eigenvalue weighted by Crippen LogP contribution is -2.48. The first kappa shape index (κ1) is 20.2. The number of benzene rings is 1. The highest BCUT2D eigenvalue weighted by molar-refractivity contribution is 7.80. The summed E-state index contributed by atoms with van der Waals surface area (Å²) in [7, 11) is 0. The molecule has 27 heavy (non-hydrogen) atoms. The van der Waals surface area contributed by atoms with Crippen molar-refractivity contribution < 1.29 is 0 Å². The number of piperazine rings is 1. The van der Waals surface area contributed by atoms with E-state index in [9.17, 15) is 0 Å². The van der Waals surface area contributed by atoms with Gasteiger partial charge in [0, 0.05) is 51.2 Å². The number of rotatable bonds is 9. The molecule has 1 aliphatic heterocycles. The molecule has 3 rings (SSSR count). The standard InChI is InChI=1S/C21H33N5S/c1-3-5-12-24-14-16-25(17-15-24)13-10-22-21(27)20-18-8-6-7-9-19(18)26(23-20)11-4-2/h6-9H,3-5,10-17H2,1-2H3,(H,22,27). The molecule has 0 atom stereocenters. The zero-order valence-corrected chi connectivity index (χ0v) is 17.6. The normalized spacial score (nSPS) is 16.1. The molecule has 0 unspecified atom stereocenters. The molecule has 148 valence electrons. The molecule has 2 aromatic rings. The fourth-order valence-electron chi connectivity index (χ4n) is 3.71. The number of hydrogen-bond donors (Lipinski definition) is 1. The first-order valence-electron chi connectivity index (χ1n) is 10.4. The van der Waals surface area contributed by atoms with Gasteiger partial charge < -0.3 is 10.2 Å². The number of thiocarbonyl (C=S) groups is 1. The van der Waals surface area contributed by atoms with E-state index in [0.717, 1.165) is 55.2 Å². The lowest BCUT2D eigenvalue weighted by molar-refractivity contribution is 0.133. The van der Waals surface area contributed by atoms with Crippen LogP contribution in [-0.2, 0) is 6.54 Å². The van der Waals surface area contributed by atoms with Crippen LogP contribution in [0.4, 0.5) is 0 Å². The van der Waals surface area contributed by atoms with Crippen molar-refractivity contribution in [3.8, 4) is 0 Å². The summed E-state index contributed by atoms with van der Waals surface area (Å²) < 4.78 is 2.08. The van der Waals surface area contributed by atoms with Crippen LogP contribution in [0.25, 0.3) is 10.9 Å². The van der Waals surface area contributed by atoms with Gasteiger partial charge in [0.15, 0.2) is 0 Å². The van der Waals surface area contributed by atoms with Gasteiger partial charge in [-0.1, -0.05) is 50.7 Å². The number of unbranched alkanes of at least 4 members (excludes halogenated alkanes) is 1. The summed E-state index contributed by atoms with van der Waals surface area (Å²) in [5.74, 6) is 0.